The van der Waals surface area contributed by atoms with Crippen LogP contribution in [0.1, 0.15) is 74.9 Å². The smallest absolute Gasteiger partial charge is 0.261 e. The van der Waals surface area contributed by atoms with E-state index in [1.54, 1.807) is 13.8 Å². The van der Waals surface area contributed by atoms with Crippen LogP contribution in [0.2, 0.25) is 0 Å². The molecule has 612 valence electrons. The van der Waals surface area contributed by atoms with E-state index in [0.29, 0.717) is 12.8 Å². The Kier molecular flexibility index (Phi) is 21.7. The van der Waals surface area contributed by atoms with Crippen LogP contribution in [0.3, 0.4) is 0 Å². The Morgan fingerprint density at radius 1 is 0.291 bits per heavy atom. The molecule has 21 aromatic rings. The first-order chi connectivity index (χ1) is 62.1. The van der Waals surface area contributed by atoms with Crippen LogP contribution in [0.4, 0.5) is 51.7 Å². The Bertz CT molecular complexity index is 7790. The lowest BCUT2D eigenvalue weighted by Gasteiger charge is -2.25. The van der Waals surface area contributed by atoms with Gasteiger partial charge >= 0.3 is 0 Å². The first-order valence-corrected chi connectivity index (χ1v) is 42.2. The van der Waals surface area contributed by atoms with E-state index in [4.69, 9.17) is 4.98 Å². The van der Waals surface area contributed by atoms with Gasteiger partial charge in [-0.25, -0.2) is 22.5 Å². The molecule has 0 bridgehead atoms. The molecule has 3 heterocycles. The molecule has 0 aliphatic heterocycles. The van der Waals surface area contributed by atoms with Gasteiger partial charge in [0, 0.05) is 101 Å². The van der Waals surface area contributed by atoms with Crippen LogP contribution in [-0.2, 0) is 0 Å². The zero-order valence-electron chi connectivity index (χ0n) is 69.5. The van der Waals surface area contributed by atoms with Gasteiger partial charge in [-0.3, -0.25) is 32.9 Å². The Labute approximate surface area is 728 Å². The Morgan fingerprint density at radius 2 is 0.598 bits per heavy atom. The van der Waals surface area contributed by atoms with Crippen molar-refractivity contribution >= 4 is 131 Å². The Morgan fingerprint density at radius 3 is 0.992 bits per heavy atom. The van der Waals surface area contributed by atoms with Crippen LogP contribution in [0.5, 0.6) is 0 Å². The van der Waals surface area contributed by atoms with Crippen molar-refractivity contribution in [3.05, 3.63) is 451 Å². The molecule has 3 aromatic heterocycles. The van der Waals surface area contributed by atoms with E-state index >= 15 is 0 Å². The van der Waals surface area contributed by atoms with Crippen LogP contribution >= 0.6 is 0 Å². The summed E-state index contributed by atoms with van der Waals surface area (Å²) in [6.07, 6.45) is 0.956. The molecule has 2 atom stereocenters. The number of benzene rings is 18. The number of nitrogens with zero attached hydrogens (tertiary/aromatic N) is 6. The zero-order valence-corrected chi connectivity index (χ0v) is 69.5. The number of fused-ring (bicyclic) bond motifs is 13. The van der Waals surface area contributed by atoms with Gasteiger partial charge in [-0.2, -0.15) is 0 Å². The maximum atomic E-state index is 14.8. The van der Waals surface area contributed by atoms with E-state index in [0.717, 1.165) is 101 Å². The Hall–Kier alpha value is -16.3. The van der Waals surface area contributed by atoms with Gasteiger partial charge in [0.2, 0.25) is 0 Å². The minimum Gasteiger partial charge on any atom is -0.311 e. The quantitative estimate of drug-likeness (QED) is 0.0490. The molecule has 21 rings (SSSR count). The fourth-order valence-electron chi connectivity index (χ4n) is 17.4. The average molecular weight is 1660 g/mol. The van der Waals surface area contributed by atoms with E-state index in [1.807, 2.05) is 13.8 Å². The van der Waals surface area contributed by atoms with Crippen molar-refractivity contribution in [2.24, 2.45) is 0 Å². The molecule has 0 N–H and O–H groups in total. The number of imidazole rings is 1. The predicted octanol–water partition coefficient (Wildman–Crippen LogP) is 27.1. The van der Waals surface area contributed by atoms with Crippen LogP contribution < -0.4 is 32.0 Å². The topological polar surface area (TPSA) is 102 Å². The standard InChI is InChI=1S/C42H28F4N2O4.C39H27N3.C32H23N/c1-5-21(3)47-39(49)31-17-27-23(13-15-25-35(43)9-7-10-36(25)44)29-19-33-34(42(52)48(41(33)51)22(4)6-2)20-30(29)24(28(27)18-32(31)40(47)50)14-16-26-37(45)11-8-12-38(26)46;1-4-14-29(15-5-1)41(30-16-6-2-7-17-30)32-26-24-28(25-27-32)39-40-37-35-22-12-10-20-33(35)34-21-11-13-23-36(34)38(37)42(39)31-18-8-3-9-19-31;1-3-12-26(13-4-1)33(27-14-5-2-6-15-27)28-21-19-24(20-22-28)32-23-25-11-7-8-16-29(25)30-17-9-10-18-31(30)32/h7-12,17-22H,5-6H2,1-4H3;1-27H;1-23H. The first-order valence-electron chi connectivity index (χ1n) is 42.2. The number of hydrogen-bond acceptors (Lipinski definition) is 7. The lowest BCUT2D eigenvalue weighted by atomic mass is 9.89. The molecular weight excluding hydrogens is 1580 g/mol. The number of halogens is 4. The summed E-state index contributed by atoms with van der Waals surface area (Å²) < 4.78 is 63.9. The molecule has 0 aliphatic rings. The molecule has 10 nitrogen and oxygen atoms in total. The van der Waals surface area contributed by atoms with Crippen molar-refractivity contribution in [3.63, 3.8) is 0 Å². The van der Waals surface area contributed by atoms with Crippen molar-refractivity contribution in [3.8, 4) is 51.9 Å². The number of aromatic nitrogens is 4. The minimum atomic E-state index is -0.924. The second-order valence-electron chi connectivity index (χ2n) is 31.5. The largest absolute Gasteiger partial charge is 0.311 e. The molecule has 127 heavy (non-hydrogen) atoms. The molecule has 0 radical (unpaired) electrons. The third kappa shape index (κ3) is 14.8. The summed E-state index contributed by atoms with van der Waals surface area (Å²) >= 11 is 0. The van der Waals surface area contributed by atoms with E-state index < -0.39 is 68.7 Å². The third-order valence-electron chi connectivity index (χ3n) is 24.0. The third-order valence-corrected chi connectivity index (χ3v) is 24.0. The highest BCUT2D eigenvalue weighted by molar-refractivity contribution is 6.24. The summed E-state index contributed by atoms with van der Waals surface area (Å²) in [5, 5.41) is 11.0. The van der Waals surface area contributed by atoms with Gasteiger partial charge < -0.3 is 9.80 Å². The normalized spacial score (nSPS) is 11.8. The molecule has 0 amide bonds. The molecule has 0 saturated carbocycles. The lowest BCUT2D eigenvalue weighted by molar-refractivity contribution is 0.510. The second kappa shape index (κ2) is 34.2. The van der Waals surface area contributed by atoms with Crippen LogP contribution in [0.15, 0.2) is 383 Å². The molecule has 0 saturated heterocycles. The fourth-order valence-corrected chi connectivity index (χ4v) is 17.4. The van der Waals surface area contributed by atoms with Gasteiger partial charge in [0.15, 0.2) is 0 Å². The molecule has 0 aliphatic carbocycles. The fraction of sp³-hybridized carbons (Fsp3) is 0.0708. The van der Waals surface area contributed by atoms with Crippen molar-refractivity contribution in [1.29, 1.82) is 0 Å². The van der Waals surface area contributed by atoms with E-state index in [9.17, 15) is 36.7 Å². The van der Waals surface area contributed by atoms with Crippen molar-refractivity contribution < 1.29 is 17.6 Å². The van der Waals surface area contributed by atoms with Crippen molar-refractivity contribution in [2.45, 2.75) is 52.6 Å². The highest BCUT2D eigenvalue weighted by Gasteiger charge is 2.27. The SMILES string of the molecule is CCC(C)n1c(=O)c2cc3c(C#Cc4c(F)cccc4F)c4cc5c(=O)n(C(C)CC)c(=O)c5cc4c(C#Cc4c(F)cccc4F)c3cc2c1=O.c1ccc(N(c2ccccc2)c2ccc(-c3cc4ccccc4c4ccccc34)cc2)cc1.c1ccc(N(c2ccccc2)c2ccc(-c3nc4c5ccccc5c5ccccc5c4n3-c3ccccc3)cc2)cc1. The number of hydrogen-bond donors (Lipinski definition) is 0. The van der Waals surface area contributed by atoms with E-state index in [2.05, 4.69) is 341 Å². The van der Waals surface area contributed by atoms with Gasteiger partial charge in [-0.1, -0.05) is 250 Å². The molecule has 18 aromatic carbocycles. The summed E-state index contributed by atoms with van der Waals surface area (Å²) in [5.74, 6) is 8.06. The molecular formula is C113H78F4N6O4. The van der Waals surface area contributed by atoms with E-state index in [-0.39, 0.29) is 54.2 Å². The van der Waals surface area contributed by atoms with E-state index in [1.165, 1.54) is 85.2 Å². The van der Waals surface area contributed by atoms with Gasteiger partial charge in [0.1, 0.15) is 29.1 Å². The summed E-state index contributed by atoms with van der Waals surface area (Å²) in [5.41, 5.74) is 10.5. The maximum absolute atomic E-state index is 14.8. The Balaban J connectivity index is 0.000000127. The number of anilines is 6. The monoisotopic (exact) mass is 1660 g/mol. The van der Waals surface area contributed by atoms with Crippen LogP contribution in [-0.4, -0.2) is 18.7 Å². The first kappa shape index (κ1) is 80.4. The zero-order chi connectivity index (χ0) is 87.1. The summed E-state index contributed by atoms with van der Waals surface area (Å²) in [6.45, 7) is 7.11. The molecule has 0 fully saturated rings. The summed E-state index contributed by atoms with van der Waals surface area (Å²) in [7, 11) is 0. The average Bonchev–Trinajstić information content (AvgIpc) is 1.61. The number of rotatable bonds is 13. The predicted molar refractivity (Wildman–Crippen MR) is 512 cm³/mol. The highest BCUT2D eigenvalue weighted by Crippen LogP contribution is 2.44. The second-order valence-corrected chi connectivity index (χ2v) is 31.5. The van der Waals surface area contributed by atoms with Gasteiger partial charge in [0.05, 0.1) is 43.7 Å². The summed E-state index contributed by atoms with van der Waals surface area (Å²) in [6, 6.07) is 119. The van der Waals surface area contributed by atoms with Crippen LogP contribution in [0, 0.1) is 47.0 Å². The maximum Gasteiger partial charge on any atom is 0.261 e. The van der Waals surface area contributed by atoms with Gasteiger partial charge in [-0.05, 0) is 222 Å². The van der Waals surface area contributed by atoms with Crippen molar-refractivity contribution in [1.82, 2.24) is 18.7 Å². The van der Waals surface area contributed by atoms with Gasteiger partial charge in [-0.15, -0.1) is 0 Å². The van der Waals surface area contributed by atoms with Gasteiger partial charge in [0.25, 0.3) is 22.2 Å². The van der Waals surface area contributed by atoms with Crippen LogP contribution in [0.25, 0.3) is 125 Å². The molecule has 14 heteroatoms. The van der Waals surface area contributed by atoms with Crippen molar-refractivity contribution in [2.75, 3.05) is 9.80 Å². The molecule has 2 unspecified atom stereocenters. The summed E-state index contributed by atoms with van der Waals surface area (Å²) in [4.78, 5) is 64.7. The minimum absolute atomic E-state index is 0.0479. The molecule has 0 spiro atoms. The number of para-hydroxylation sites is 5. The lowest BCUT2D eigenvalue weighted by Crippen LogP contribution is -2.28. The highest BCUT2D eigenvalue weighted by atomic mass is 19.1.